The number of rotatable bonds is 2. The summed E-state index contributed by atoms with van der Waals surface area (Å²) < 4.78 is 0. The van der Waals surface area contributed by atoms with Crippen molar-refractivity contribution >= 4 is 27.8 Å². The molecule has 0 saturated carbocycles. The number of benzene rings is 3. The number of nitrogens with two attached hydrogens (primary N) is 1. The van der Waals surface area contributed by atoms with Crippen molar-refractivity contribution < 1.29 is 0 Å². The number of para-hydroxylation sites is 1. The van der Waals surface area contributed by atoms with E-state index in [1.54, 1.807) is 0 Å². The van der Waals surface area contributed by atoms with E-state index in [2.05, 4.69) is 35.6 Å². The standard InChI is InChI=1S/C17H16N2/c1-12-6-4-11-16(17(12)18)19-15-10-5-8-13-7-2-3-9-14(13)15/h2-11,19H,18H2,1H3. The van der Waals surface area contributed by atoms with Gasteiger partial charge >= 0.3 is 0 Å². The van der Waals surface area contributed by atoms with E-state index in [0.717, 1.165) is 22.6 Å². The molecule has 3 aromatic rings. The van der Waals surface area contributed by atoms with Crippen molar-refractivity contribution in [1.29, 1.82) is 0 Å². The minimum absolute atomic E-state index is 0.801. The molecule has 0 aliphatic rings. The number of fused-ring (bicyclic) bond motifs is 1. The molecule has 3 rings (SSSR count). The van der Waals surface area contributed by atoms with Crippen LogP contribution < -0.4 is 11.1 Å². The fraction of sp³-hybridized carbons (Fsp3) is 0.0588. The Labute approximate surface area is 112 Å². The van der Waals surface area contributed by atoms with Gasteiger partial charge in [-0.05, 0) is 30.0 Å². The van der Waals surface area contributed by atoms with Crippen LogP contribution in [0.3, 0.4) is 0 Å². The van der Waals surface area contributed by atoms with E-state index < -0.39 is 0 Å². The minimum atomic E-state index is 0.801. The molecule has 94 valence electrons. The summed E-state index contributed by atoms with van der Waals surface area (Å²) in [5.41, 5.74) is 10.0. The molecule has 0 fully saturated rings. The lowest BCUT2D eigenvalue weighted by Gasteiger charge is -2.13. The van der Waals surface area contributed by atoms with Crippen LogP contribution in [0.15, 0.2) is 60.7 Å². The van der Waals surface area contributed by atoms with Crippen LogP contribution >= 0.6 is 0 Å². The Hall–Kier alpha value is -2.48. The molecule has 3 N–H and O–H groups in total. The van der Waals surface area contributed by atoms with E-state index in [9.17, 15) is 0 Å². The molecule has 0 bridgehead atoms. The normalized spacial score (nSPS) is 10.6. The molecule has 0 aromatic heterocycles. The van der Waals surface area contributed by atoms with Gasteiger partial charge in [-0.25, -0.2) is 0 Å². The Morgan fingerprint density at radius 2 is 1.47 bits per heavy atom. The first-order valence-corrected chi connectivity index (χ1v) is 6.35. The fourth-order valence-electron chi connectivity index (χ4n) is 2.27. The van der Waals surface area contributed by atoms with Crippen molar-refractivity contribution in [2.45, 2.75) is 6.92 Å². The number of hydrogen-bond acceptors (Lipinski definition) is 2. The largest absolute Gasteiger partial charge is 0.397 e. The monoisotopic (exact) mass is 248 g/mol. The smallest absolute Gasteiger partial charge is 0.0620 e. The molecule has 0 atom stereocenters. The average molecular weight is 248 g/mol. The third kappa shape index (κ3) is 2.13. The van der Waals surface area contributed by atoms with Gasteiger partial charge in [0.2, 0.25) is 0 Å². The molecule has 0 heterocycles. The van der Waals surface area contributed by atoms with Gasteiger partial charge in [-0.2, -0.15) is 0 Å². The Morgan fingerprint density at radius 1 is 0.789 bits per heavy atom. The summed E-state index contributed by atoms with van der Waals surface area (Å²) in [5.74, 6) is 0. The highest BCUT2D eigenvalue weighted by molar-refractivity contribution is 5.96. The van der Waals surface area contributed by atoms with E-state index in [4.69, 9.17) is 5.73 Å². The Kier molecular flexibility index (Phi) is 2.84. The zero-order valence-electron chi connectivity index (χ0n) is 10.9. The summed E-state index contributed by atoms with van der Waals surface area (Å²) in [6.45, 7) is 2.02. The number of nitrogens with one attached hydrogen (secondary N) is 1. The van der Waals surface area contributed by atoms with Crippen LogP contribution in [0, 0.1) is 6.92 Å². The van der Waals surface area contributed by atoms with Crippen molar-refractivity contribution in [2.75, 3.05) is 11.1 Å². The maximum absolute atomic E-state index is 6.11. The van der Waals surface area contributed by atoms with Gasteiger partial charge in [0.1, 0.15) is 0 Å². The minimum Gasteiger partial charge on any atom is -0.397 e. The van der Waals surface area contributed by atoms with Crippen LogP contribution in [0.5, 0.6) is 0 Å². The topological polar surface area (TPSA) is 38.0 Å². The maximum atomic E-state index is 6.11. The number of aryl methyl sites for hydroxylation is 1. The van der Waals surface area contributed by atoms with Gasteiger partial charge in [-0.1, -0.05) is 48.5 Å². The second kappa shape index (κ2) is 4.65. The van der Waals surface area contributed by atoms with Crippen molar-refractivity contribution in [2.24, 2.45) is 0 Å². The van der Waals surface area contributed by atoms with E-state index in [-0.39, 0.29) is 0 Å². The molecule has 2 heteroatoms. The molecule has 0 aliphatic carbocycles. The van der Waals surface area contributed by atoms with Crippen LogP contribution in [-0.2, 0) is 0 Å². The van der Waals surface area contributed by atoms with Crippen LogP contribution in [-0.4, -0.2) is 0 Å². The van der Waals surface area contributed by atoms with Gasteiger partial charge in [0, 0.05) is 11.1 Å². The Balaban J connectivity index is 2.09. The summed E-state index contributed by atoms with van der Waals surface area (Å²) in [6, 6.07) is 20.6. The highest BCUT2D eigenvalue weighted by Gasteiger charge is 2.04. The van der Waals surface area contributed by atoms with Crippen LogP contribution in [0.4, 0.5) is 17.1 Å². The lowest BCUT2D eigenvalue weighted by molar-refractivity contribution is 1.45. The number of nitrogen functional groups attached to an aromatic ring is 1. The van der Waals surface area contributed by atoms with Crippen LogP contribution in [0.1, 0.15) is 5.56 Å². The van der Waals surface area contributed by atoms with Gasteiger partial charge in [-0.15, -0.1) is 0 Å². The maximum Gasteiger partial charge on any atom is 0.0620 e. The molecular weight excluding hydrogens is 232 g/mol. The summed E-state index contributed by atoms with van der Waals surface area (Å²) in [5, 5.41) is 5.85. The third-order valence-electron chi connectivity index (χ3n) is 3.38. The molecule has 0 aliphatic heterocycles. The SMILES string of the molecule is Cc1cccc(Nc2cccc3ccccc23)c1N. The van der Waals surface area contributed by atoms with Gasteiger partial charge in [0.05, 0.1) is 11.4 Å². The highest BCUT2D eigenvalue weighted by atomic mass is 14.9. The summed E-state index contributed by atoms with van der Waals surface area (Å²) in [4.78, 5) is 0. The highest BCUT2D eigenvalue weighted by Crippen LogP contribution is 2.30. The van der Waals surface area contributed by atoms with Crippen molar-refractivity contribution in [1.82, 2.24) is 0 Å². The predicted molar refractivity (Wildman–Crippen MR) is 82.8 cm³/mol. The Morgan fingerprint density at radius 3 is 2.37 bits per heavy atom. The summed E-state index contributed by atoms with van der Waals surface area (Å²) in [6.07, 6.45) is 0. The van der Waals surface area contributed by atoms with E-state index in [0.29, 0.717) is 0 Å². The molecular formula is C17H16N2. The first kappa shape index (κ1) is 11.6. The lowest BCUT2D eigenvalue weighted by Crippen LogP contribution is -1.98. The number of anilines is 3. The van der Waals surface area contributed by atoms with Gasteiger partial charge in [0.15, 0.2) is 0 Å². The van der Waals surface area contributed by atoms with Crippen molar-refractivity contribution in [3.05, 3.63) is 66.2 Å². The lowest BCUT2D eigenvalue weighted by atomic mass is 10.1. The molecule has 0 unspecified atom stereocenters. The molecule has 0 spiro atoms. The summed E-state index contributed by atoms with van der Waals surface area (Å²) >= 11 is 0. The van der Waals surface area contributed by atoms with Gasteiger partial charge in [-0.3, -0.25) is 0 Å². The van der Waals surface area contributed by atoms with Gasteiger partial charge < -0.3 is 11.1 Å². The molecule has 0 amide bonds. The second-order valence-corrected chi connectivity index (χ2v) is 4.69. The van der Waals surface area contributed by atoms with E-state index in [1.807, 2.05) is 37.3 Å². The number of hydrogen-bond donors (Lipinski definition) is 2. The zero-order valence-corrected chi connectivity index (χ0v) is 10.9. The molecule has 3 aromatic carbocycles. The first-order chi connectivity index (χ1) is 9.25. The predicted octanol–water partition coefficient (Wildman–Crippen LogP) is 4.47. The molecule has 2 nitrogen and oxygen atoms in total. The molecule has 0 saturated heterocycles. The van der Waals surface area contributed by atoms with Crippen LogP contribution in [0.25, 0.3) is 10.8 Å². The molecule has 0 radical (unpaired) electrons. The second-order valence-electron chi connectivity index (χ2n) is 4.69. The fourth-order valence-corrected chi connectivity index (χ4v) is 2.27. The van der Waals surface area contributed by atoms with E-state index >= 15 is 0 Å². The Bertz CT molecular complexity index is 727. The van der Waals surface area contributed by atoms with Gasteiger partial charge in [0.25, 0.3) is 0 Å². The zero-order chi connectivity index (χ0) is 13.2. The quantitative estimate of drug-likeness (QED) is 0.656. The average Bonchev–Trinajstić information content (AvgIpc) is 2.44. The summed E-state index contributed by atoms with van der Waals surface area (Å²) in [7, 11) is 0. The molecule has 19 heavy (non-hydrogen) atoms. The van der Waals surface area contributed by atoms with Crippen molar-refractivity contribution in [3.8, 4) is 0 Å². The van der Waals surface area contributed by atoms with E-state index in [1.165, 1.54) is 10.8 Å². The first-order valence-electron chi connectivity index (χ1n) is 6.35. The third-order valence-corrected chi connectivity index (χ3v) is 3.38. The van der Waals surface area contributed by atoms with Crippen molar-refractivity contribution in [3.63, 3.8) is 0 Å². The van der Waals surface area contributed by atoms with Crippen LogP contribution in [0.2, 0.25) is 0 Å².